The minimum Gasteiger partial charge on any atom is -0.348 e. The summed E-state index contributed by atoms with van der Waals surface area (Å²) >= 11 is 0. The second kappa shape index (κ2) is 5.13. The van der Waals surface area contributed by atoms with Crippen molar-refractivity contribution in [3.8, 4) is 0 Å². The molecule has 0 fully saturated rings. The fourth-order valence-corrected chi connectivity index (χ4v) is 1.74. The van der Waals surface area contributed by atoms with Gasteiger partial charge in [-0.2, -0.15) is 0 Å². The summed E-state index contributed by atoms with van der Waals surface area (Å²) in [5, 5.41) is 0. The fourth-order valence-electron chi connectivity index (χ4n) is 1.74. The first kappa shape index (κ1) is 13.4. The van der Waals surface area contributed by atoms with Crippen molar-refractivity contribution < 1.29 is 4.79 Å². The van der Waals surface area contributed by atoms with Gasteiger partial charge >= 0.3 is 0 Å². The van der Waals surface area contributed by atoms with E-state index in [-0.39, 0.29) is 5.54 Å². The van der Waals surface area contributed by atoms with Gasteiger partial charge in [0.25, 0.3) is 0 Å². The van der Waals surface area contributed by atoms with Gasteiger partial charge in [0.15, 0.2) is 6.29 Å². The number of hydrogen-bond donors (Lipinski definition) is 0. The van der Waals surface area contributed by atoms with Crippen LogP contribution in [0.25, 0.3) is 0 Å². The molecule has 0 saturated carbocycles. The normalized spacial score (nSPS) is 11.1. The third-order valence-corrected chi connectivity index (χ3v) is 2.58. The lowest BCUT2D eigenvalue weighted by Gasteiger charge is -2.36. The highest BCUT2D eigenvalue weighted by atomic mass is 16.1. The molecule has 0 aliphatic rings. The van der Waals surface area contributed by atoms with Crippen LogP contribution in [0.4, 0.5) is 5.82 Å². The Labute approximate surface area is 103 Å². The number of aryl methyl sites for hydroxylation is 1. The molecule has 0 aromatic carbocycles. The molecule has 0 N–H and O–H groups in total. The van der Waals surface area contributed by atoms with Crippen LogP contribution < -0.4 is 4.90 Å². The topological polar surface area (TPSA) is 33.2 Å². The Kier molecular flexibility index (Phi) is 4.05. The number of carbonyl (C=O) groups excluding carboxylic acids is 1. The van der Waals surface area contributed by atoms with Crippen molar-refractivity contribution in [1.29, 1.82) is 0 Å². The summed E-state index contributed by atoms with van der Waals surface area (Å²) in [6.45, 7) is 12.9. The van der Waals surface area contributed by atoms with Crippen molar-refractivity contribution in [2.75, 3.05) is 11.4 Å². The number of aromatic nitrogens is 1. The van der Waals surface area contributed by atoms with Crippen molar-refractivity contribution >= 4 is 12.1 Å². The van der Waals surface area contributed by atoms with Crippen LogP contribution in [0.2, 0.25) is 0 Å². The minimum absolute atomic E-state index is 0.0331. The number of pyridine rings is 1. The smallest absolute Gasteiger partial charge is 0.151 e. The van der Waals surface area contributed by atoms with Gasteiger partial charge in [-0.15, -0.1) is 6.58 Å². The fraction of sp³-hybridized carbons (Fsp3) is 0.429. The molecule has 17 heavy (non-hydrogen) atoms. The Hall–Kier alpha value is -1.64. The maximum atomic E-state index is 10.7. The van der Waals surface area contributed by atoms with E-state index in [0.717, 1.165) is 24.2 Å². The summed E-state index contributed by atoms with van der Waals surface area (Å²) in [7, 11) is 0. The second-order valence-electron chi connectivity index (χ2n) is 5.10. The molecule has 1 heterocycles. The van der Waals surface area contributed by atoms with Crippen LogP contribution >= 0.6 is 0 Å². The lowest BCUT2D eigenvalue weighted by atomic mass is 10.0. The Balaban J connectivity index is 3.19. The van der Waals surface area contributed by atoms with Crippen molar-refractivity contribution in [2.45, 2.75) is 33.2 Å². The molecule has 0 amide bonds. The summed E-state index contributed by atoms with van der Waals surface area (Å²) in [6, 6.07) is 1.86. The third kappa shape index (κ3) is 3.16. The summed E-state index contributed by atoms with van der Waals surface area (Å²) in [5.41, 5.74) is 1.58. The van der Waals surface area contributed by atoms with Gasteiger partial charge in [0.2, 0.25) is 0 Å². The Morgan fingerprint density at radius 2 is 2.12 bits per heavy atom. The molecule has 3 nitrogen and oxygen atoms in total. The zero-order chi connectivity index (χ0) is 13.1. The van der Waals surface area contributed by atoms with E-state index in [2.05, 4.69) is 37.2 Å². The predicted octanol–water partition coefficient (Wildman–Crippen LogP) is 2.99. The maximum Gasteiger partial charge on any atom is 0.151 e. The minimum atomic E-state index is -0.0331. The first-order valence-corrected chi connectivity index (χ1v) is 5.70. The number of aldehydes is 1. The molecular weight excluding hydrogens is 212 g/mol. The molecule has 0 unspecified atom stereocenters. The van der Waals surface area contributed by atoms with Gasteiger partial charge in [-0.3, -0.25) is 4.79 Å². The summed E-state index contributed by atoms with van der Waals surface area (Å²) in [6.07, 6.45) is 4.29. The molecular formula is C14H20N2O. The van der Waals surface area contributed by atoms with Gasteiger partial charge in [-0.05, 0) is 39.3 Å². The molecule has 1 aromatic rings. The molecule has 0 spiro atoms. The maximum absolute atomic E-state index is 10.7. The quantitative estimate of drug-likeness (QED) is 0.591. The van der Waals surface area contributed by atoms with Crippen molar-refractivity contribution in [2.24, 2.45) is 0 Å². The van der Waals surface area contributed by atoms with E-state index in [9.17, 15) is 4.79 Å². The molecule has 1 rings (SSSR count). The number of carbonyl (C=O) groups is 1. The van der Waals surface area contributed by atoms with E-state index in [1.807, 2.05) is 19.1 Å². The number of rotatable bonds is 4. The van der Waals surface area contributed by atoms with Crippen molar-refractivity contribution in [3.05, 3.63) is 36.0 Å². The molecule has 0 atom stereocenters. The van der Waals surface area contributed by atoms with Crippen LogP contribution in [0.1, 0.15) is 36.7 Å². The third-order valence-electron chi connectivity index (χ3n) is 2.58. The second-order valence-corrected chi connectivity index (χ2v) is 5.10. The first-order chi connectivity index (χ1) is 7.90. The molecule has 0 bridgehead atoms. The molecule has 0 radical (unpaired) electrons. The first-order valence-electron chi connectivity index (χ1n) is 5.70. The number of hydrogen-bond acceptors (Lipinski definition) is 3. The number of anilines is 1. The molecule has 3 heteroatoms. The van der Waals surface area contributed by atoms with Gasteiger partial charge in [0, 0.05) is 23.8 Å². The highest BCUT2D eigenvalue weighted by Crippen LogP contribution is 2.25. The molecule has 1 aromatic heterocycles. The van der Waals surface area contributed by atoms with Gasteiger partial charge in [0.05, 0.1) is 0 Å². The SMILES string of the molecule is C=CCN(c1ncc(C=O)cc1C)C(C)(C)C. The Morgan fingerprint density at radius 3 is 2.53 bits per heavy atom. The van der Waals surface area contributed by atoms with E-state index in [0.29, 0.717) is 5.56 Å². The molecule has 0 aliphatic heterocycles. The summed E-state index contributed by atoms with van der Waals surface area (Å²) in [5.74, 6) is 0.906. The van der Waals surface area contributed by atoms with Gasteiger partial charge in [-0.1, -0.05) is 6.08 Å². The van der Waals surface area contributed by atoms with Gasteiger partial charge in [-0.25, -0.2) is 4.98 Å². The number of nitrogens with zero attached hydrogens (tertiary/aromatic N) is 2. The van der Waals surface area contributed by atoms with Crippen LogP contribution in [0.3, 0.4) is 0 Å². The van der Waals surface area contributed by atoms with Gasteiger partial charge < -0.3 is 4.90 Å². The lowest BCUT2D eigenvalue weighted by molar-refractivity contribution is 0.112. The van der Waals surface area contributed by atoms with Crippen molar-refractivity contribution in [3.63, 3.8) is 0 Å². The van der Waals surface area contributed by atoms with Crippen LogP contribution in [0.5, 0.6) is 0 Å². The van der Waals surface area contributed by atoms with Crippen LogP contribution in [-0.4, -0.2) is 23.4 Å². The van der Waals surface area contributed by atoms with Gasteiger partial charge in [0.1, 0.15) is 5.82 Å². The highest BCUT2D eigenvalue weighted by Gasteiger charge is 2.22. The van der Waals surface area contributed by atoms with E-state index >= 15 is 0 Å². The van der Waals surface area contributed by atoms with Crippen LogP contribution in [-0.2, 0) is 0 Å². The van der Waals surface area contributed by atoms with E-state index < -0.39 is 0 Å². The zero-order valence-corrected chi connectivity index (χ0v) is 11.0. The zero-order valence-electron chi connectivity index (χ0n) is 11.0. The average Bonchev–Trinajstić information content (AvgIpc) is 2.25. The lowest BCUT2D eigenvalue weighted by Crippen LogP contribution is -2.42. The van der Waals surface area contributed by atoms with E-state index in [4.69, 9.17) is 0 Å². The van der Waals surface area contributed by atoms with Crippen molar-refractivity contribution in [1.82, 2.24) is 4.98 Å². The van der Waals surface area contributed by atoms with Crippen LogP contribution in [0.15, 0.2) is 24.9 Å². The summed E-state index contributed by atoms with van der Waals surface area (Å²) in [4.78, 5) is 17.2. The predicted molar refractivity (Wildman–Crippen MR) is 71.7 cm³/mol. The Bertz CT molecular complexity index is 419. The average molecular weight is 232 g/mol. The molecule has 0 aliphatic carbocycles. The molecule has 92 valence electrons. The van der Waals surface area contributed by atoms with E-state index in [1.165, 1.54) is 0 Å². The highest BCUT2D eigenvalue weighted by molar-refractivity contribution is 5.75. The van der Waals surface area contributed by atoms with Crippen LogP contribution in [0, 0.1) is 6.92 Å². The standard InChI is InChI=1S/C14H20N2O/c1-6-7-16(14(3,4)5)13-11(2)8-12(10-17)9-15-13/h6,8-10H,1,7H2,2-5H3. The molecule has 0 saturated heterocycles. The summed E-state index contributed by atoms with van der Waals surface area (Å²) < 4.78 is 0. The van der Waals surface area contributed by atoms with E-state index in [1.54, 1.807) is 6.20 Å². The Morgan fingerprint density at radius 1 is 1.47 bits per heavy atom. The largest absolute Gasteiger partial charge is 0.348 e. The monoisotopic (exact) mass is 232 g/mol.